The maximum absolute atomic E-state index is 12.0. The molecular formula is C13H8ClN5O4S2. The van der Waals surface area contributed by atoms with Crippen LogP contribution in [0.5, 0.6) is 0 Å². The summed E-state index contributed by atoms with van der Waals surface area (Å²) in [5.74, 6) is 0.208. The van der Waals surface area contributed by atoms with Gasteiger partial charge in [0.05, 0.1) is 17.4 Å². The van der Waals surface area contributed by atoms with Crippen LogP contribution >= 0.6 is 22.9 Å². The van der Waals surface area contributed by atoms with Crippen LogP contribution in [0.25, 0.3) is 15.9 Å². The first-order valence-electron chi connectivity index (χ1n) is 6.70. The normalized spacial score (nSPS) is 12.7. The fourth-order valence-corrected chi connectivity index (χ4v) is 4.18. The minimum absolute atomic E-state index is 0.0566. The molecule has 128 valence electrons. The molecule has 0 radical (unpaired) electrons. The zero-order chi connectivity index (χ0) is 17.7. The number of carbonyl (C=O) groups is 1. The molecule has 0 bridgehead atoms. The highest BCUT2D eigenvalue weighted by Gasteiger charge is 2.25. The second-order valence-corrected chi connectivity index (χ2v) is 6.95. The Morgan fingerprint density at radius 3 is 2.92 bits per heavy atom. The fraction of sp³-hybridized carbons (Fsp3) is 0. The Kier molecular flexibility index (Phi) is 3.72. The monoisotopic (exact) mass is 397 g/mol. The molecule has 0 aliphatic heterocycles. The van der Waals surface area contributed by atoms with Gasteiger partial charge in [-0.1, -0.05) is 11.6 Å². The van der Waals surface area contributed by atoms with Crippen LogP contribution < -0.4 is 4.31 Å². The third-order valence-corrected chi connectivity index (χ3v) is 5.22. The summed E-state index contributed by atoms with van der Waals surface area (Å²) in [6.07, 6.45) is 1.82. The average molecular weight is 398 g/mol. The van der Waals surface area contributed by atoms with Gasteiger partial charge in [-0.15, -0.1) is 11.3 Å². The van der Waals surface area contributed by atoms with Crippen LogP contribution in [0, 0.1) is 0 Å². The molecule has 0 aliphatic carbocycles. The van der Waals surface area contributed by atoms with Crippen molar-refractivity contribution in [3.63, 3.8) is 0 Å². The van der Waals surface area contributed by atoms with Crippen molar-refractivity contribution in [3.8, 4) is 0 Å². The van der Waals surface area contributed by atoms with Gasteiger partial charge >= 0.3 is 6.09 Å². The molecule has 2 N–H and O–H groups in total. The van der Waals surface area contributed by atoms with E-state index in [1.807, 2.05) is 0 Å². The van der Waals surface area contributed by atoms with Crippen LogP contribution in [0.4, 0.5) is 16.3 Å². The zero-order valence-corrected chi connectivity index (χ0v) is 14.5. The van der Waals surface area contributed by atoms with E-state index < -0.39 is 17.4 Å². The number of rotatable bonds is 3. The summed E-state index contributed by atoms with van der Waals surface area (Å²) in [6.45, 7) is 0. The highest BCUT2D eigenvalue weighted by atomic mass is 35.5. The maximum Gasteiger partial charge on any atom is 0.432 e. The van der Waals surface area contributed by atoms with Crippen LogP contribution in [0.15, 0.2) is 36.0 Å². The molecule has 0 saturated heterocycles. The van der Waals surface area contributed by atoms with Gasteiger partial charge in [0.15, 0.2) is 15.9 Å². The lowest BCUT2D eigenvalue weighted by Gasteiger charge is -2.19. The Morgan fingerprint density at radius 1 is 1.40 bits per heavy atom. The average Bonchev–Trinajstić information content (AvgIpc) is 3.23. The predicted molar refractivity (Wildman–Crippen MR) is 94.1 cm³/mol. The van der Waals surface area contributed by atoms with Gasteiger partial charge < -0.3 is 5.11 Å². The van der Waals surface area contributed by atoms with Crippen LogP contribution in [0.2, 0.25) is 5.15 Å². The summed E-state index contributed by atoms with van der Waals surface area (Å²) >= 11 is 5.01. The van der Waals surface area contributed by atoms with Crippen molar-refractivity contribution < 1.29 is 18.7 Å². The molecule has 3 aromatic heterocycles. The number of imidazole rings is 1. The van der Waals surface area contributed by atoms with Crippen LogP contribution in [0.3, 0.4) is 0 Å². The quantitative estimate of drug-likeness (QED) is 0.513. The van der Waals surface area contributed by atoms with Gasteiger partial charge in [0.2, 0.25) is 0 Å². The SMILES string of the molecule is O=C(O)n1ncc2ccc(N(c3c(Cl)nc4sccn34)S(=O)O)cc21. The van der Waals surface area contributed by atoms with Gasteiger partial charge in [0, 0.05) is 17.0 Å². The molecule has 1 atom stereocenters. The molecule has 25 heavy (non-hydrogen) atoms. The highest BCUT2D eigenvalue weighted by molar-refractivity contribution is 7.81. The minimum atomic E-state index is -2.47. The lowest BCUT2D eigenvalue weighted by Crippen LogP contribution is -2.21. The van der Waals surface area contributed by atoms with E-state index in [1.165, 1.54) is 23.6 Å². The number of anilines is 2. The second-order valence-electron chi connectivity index (χ2n) is 4.89. The number of fused-ring (bicyclic) bond motifs is 2. The summed E-state index contributed by atoms with van der Waals surface area (Å²) in [5, 5.41) is 15.4. The molecule has 0 spiro atoms. The smallest absolute Gasteiger partial charge is 0.432 e. The first-order valence-corrected chi connectivity index (χ1v) is 9.02. The van der Waals surface area contributed by atoms with E-state index >= 15 is 0 Å². The standard InChI is InChI=1S/C13H8ClN5O4S2/c14-10-11(17-3-4-24-12(17)16-10)19(25(22)23)8-2-1-7-6-15-18(13(20)21)9(7)5-8/h1-6H,(H,20,21)(H,22,23). The molecule has 0 fully saturated rings. The fourth-order valence-electron chi connectivity index (χ4n) is 2.50. The topological polar surface area (TPSA) is 113 Å². The number of aromatic nitrogens is 4. The van der Waals surface area contributed by atoms with Crippen LogP contribution in [-0.4, -0.2) is 39.1 Å². The number of halogens is 1. The van der Waals surface area contributed by atoms with E-state index in [4.69, 9.17) is 11.6 Å². The third-order valence-electron chi connectivity index (χ3n) is 3.51. The maximum atomic E-state index is 12.0. The van der Waals surface area contributed by atoms with Crippen molar-refractivity contribution in [2.45, 2.75) is 0 Å². The molecule has 1 aromatic carbocycles. The predicted octanol–water partition coefficient (Wildman–Crippen LogP) is 3.20. The summed E-state index contributed by atoms with van der Waals surface area (Å²) in [5.41, 5.74) is 0.550. The summed E-state index contributed by atoms with van der Waals surface area (Å²) in [6, 6.07) is 4.63. The Bertz CT molecular complexity index is 1150. The highest BCUT2D eigenvalue weighted by Crippen LogP contribution is 2.36. The number of hydrogen-bond acceptors (Lipinski definition) is 5. The molecule has 4 aromatic rings. The Hall–Kier alpha value is -2.47. The first-order chi connectivity index (χ1) is 12.0. The van der Waals surface area contributed by atoms with Crippen molar-refractivity contribution in [2.75, 3.05) is 4.31 Å². The first kappa shape index (κ1) is 16.0. The van der Waals surface area contributed by atoms with Gasteiger partial charge in [-0.25, -0.2) is 18.3 Å². The second kappa shape index (κ2) is 5.81. The van der Waals surface area contributed by atoms with Gasteiger partial charge in [-0.2, -0.15) is 9.78 Å². The van der Waals surface area contributed by atoms with Crippen molar-refractivity contribution in [1.82, 2.24) is 19.2 Å². The lowest BCUT2D eigenvalue weighted by atomic mass is 10.2. The number of nitrogens with zero attached hydrogens (tertiary/aromatic N) is 5. The molecule has 0 saturated carbocycles. The van der Waals surface area contributed by atoms with Crippen LogP contribution in [-0.2, 0) is 11.3 Å². The van der Waals surface area contributed by atoms with Crippen molar-refractivity contribution in [2.24, 2.45) is 0 Å². The van der Waals surface area contributed by atoms with Crippen molar-refractivity contribution in [1.29, 1.82) is 0 Å². The summed E-state index contributed by atoms with van der Waals surface area (Å²) < 4.78 is 25.3. The van der Waals surface area contributed by atoms with E-state index in [9.17, 15) is 18.7 Å². The number of benzene rings is 1. The van der Waals surface area contributed by atoms with E-state index in [1.54, 1.807) is 28.1 Å². The molecule has 9 nitrogen and oxygen atoms in total. The van der Waals surface area contributed by atoms with Gasteiger partial charge in [-0.05, 0) is 18.2 Å². The molecule has 1 unspecified atom stereocenters. The van der Waals surface area contributed by atoms with Gasteiger partial charge in [-0.3, -0.25) is 8.95 Å². The largest absolute Gasteiger partial charge is 0.463 e. The van der Waals surface area contributed by atoms with Gasteiger partial charge in [0.25, 0.3) is 11.3 Å². The number of carboxylic acid groups (broad SMARTS) is 1. The van der Waals surface area contributed by atoms with Crippen molar-refractivity contribution in [3.05, 3.63) is 41.1 Å². The Balaban J connectivity index is 1.95. The number of hydrogen-bond donors (Lipinski definition) is 2. The van der Waals surface area contributed by atoms with Gasteiger partial charge in [0.1, 0.15) is 0 Å². The zero-order valence-electron chi connectivity index (χ0n) is 12.1. The molecule has 12 heteroatoms. The molecule has 0 amide bonds. The molecule has 0 aliphatic rings. The Labute approximate surface area is 151 Å². The minimum Gasteiger partial charge on any atom is -0.463 e. The Morgan fingerprint density at radius 2 is 2.20 bits per heavy atom. The van der Waals surface area contributed by atoms with E-state index in [0.717, 1.165) is 8.99 Å². The number of thiazole rings is 1. The van der Waals surface area contributed by atoms with Crippen LogP contribution in [0.1, 0.15) is 0 Å². The van der Waals surface area contributed by atoms with E-state index in [0.29, 0.717) is 10.3 Å². The van der Waals surface area contributed by atoms with Crippen molar-refractivity contribution >= 4 is 67.7 Å². The molecule has 3 heterocycles. The molecule has 4 rings (SSSR count). The lowest BCUT2D eigenvalue weighted by molar-refractivity contribution is 0.194. The molecular weight excluding hydrogens is 390 g/mol. The van der Waals surface area contributed by atoms with E-state index in [2.05, 4.69) is 10.1 Å². The van der Waals surface area contributed by atoms with E-state index in [-0.39, 0.29) is 22.2 Å². The summed E-state index contributed by atoms with van der Waals surface area (Å²) in [7, 11) is 0. The third kappa shape index (κ3) is 2.48. The summed E-state index contributed by atoms with van der Waals surface area (Å²) in [4.78, 5) is 16.0.